The number of ether oxygens (including phenoxy) is 4. The molecule has 1 aliphatic heterocycles. The maximum absolute atomic E-state index is 5.59. The van der Waals surface area contributed by atoms with Crippen molar-refractivity contribution in [2.45, 2.75) is 26.3 Å². The molecular formula is C14H29NO4. The van der Waals surface area contributed by atoms with Gasteiger partial charge in [-0.1, -0.05) is 6.92 Å². The monoisotopic (exact) mass is 275 g/mol. The van der Waals surface area contributed by atoms with E-state index >= 15 is 0 Å². The van der Waals surface area contributed by atoms with Crippen LogP contribution in [0.15, 0.2) is 0 Å². The molecule has 0 aromatic heterocycles. The summed E-state index contributed by atoms with van der Waals surface area (Å²) in [6.07, 6.45) is 1.15. The van der Waals surface area contributed by atoms with Crippen LogP contribution in [0.1, 0.15) is 20.3 Å². The molecular weight excluding hydrogens is 246 g/mol. The van der Waals surface area contributed by atoms with Gasteiger partial charge in [0, 0.05) is 19.1 Å². The molecule has 19 heavy (non-hydrogen) atoms. The van der Waals surface area contributed by atoms with Gasteiger partial charge in [0.2, 0.25) is 0 Å². The van der Waals surface area contributed by atoms with Crippen molar-refractivity contribution in [1.82, 2.24) is 4.90 Å². The average Bonchev–Trinajstić information content (AvgIpc) is 2.44. The third-order valence-electron chi connectivity index (χ3n) is 3.38. The van der Waals surface area contributed by atoms with Gasteiger partial charge in [-0.2, -0.15) is 0 Å². The van der Waals surface area contributed by atoms with E-state index < -0.39 is 0 Å². The predicted octanol–water partition coefficient (Wildman–Crippen LogP) is 1.17. The van der Waals surface area contributed by atoms with E-state index in [0.717, 1.165) is 32.7 Å². The van der Waals surface area contributed by atoms with Crippen LogP contribution in [0.25, 0.3) is 0 Å². The van der Waals surface area contributed by atoms with Crippen LogP contribution in [-0.2, 0) is 18.9 Å². The van der Waals surface area contributed by atoms with Crippen molar-refractivity contribution in [3.63, 3.8) is 0 Å². The Morgan fingerprint density at radius 1 is 0.737 bits per heavy atom. The van der Waals surface area contributed by atoms with Crippen LogP contribution in [0, 0.1) is 0 Å². The number of nitrogens with zero attached hydrogens (tertiary/aromatic N) is 1. The molecule has 0 bridgehead atoms. The summed E-state index contributed by atoms with van der Waals surface area (Å²) in [4.78, 5) is 2.42. The molecule has 0 aromatic rings. The highest BCUT2D eigenvalue weighted by Crippen LogP contribution is 2.03. The zero-order valence-electron chi connectivity index (χ0n) is 12.4. The van der Waals surface area contributed by atoms with Crippen LogP contribution < -0.4 is 0 Å². The highest BCUT2D eigenvalue weighted by Gasteiger charge is 2.11. The normalized spacial score (nSPS) is 24.3. The van der Waals surface area contributed by atoms with Gasteiger partial charge in [-0.3, -0.25) is 4.90 Å². The molecule has 5 nitrogen and oxygen atoms in total. The van der Waals surface area contributed by atoms with Crippen molar-refractivity contribution >= 4 is 0 Å². The van der Waals surface area contributed by atoms with Gasteiger partial charge in [0.15, 0.2) is 0 Å². The highest BCUT2D eigenvalue weighted by molar-refractivity contribution is 4.65. The Bertz CT molecular complexity index is 188. The van der Waals surface area contributed by atoms with Gasteiger partial charge >= 0.3 is 0 Å². The molecule has 1 fully saturated rings. The fraction of sp³-hybridized carbons (Fsp3) is 1.00. The smallest absolute Gasteiger partial charge is 0.0701 e. The third-order valence-corrected chi connectivity index (χ3v) is 3.38. The molecule has 1 heterocycles. The summed E-state index contributed by atoms with van der Waals surface area (Å²) in [5.41, 5.74) is 0. The van der Waals surface area contributed by atoms with Crippen LogP contribution in [0.3, 0.4) is 0 Å². The fourth-order valence-electron chi connectivity index (χ4n) is 1.94. The zero-order valence-corrected chi connectivity index (χ0v) is 12.4. The van der Waals surface area contributed by atoms with Crippen molar-refractivity contribution in [2.75, 3.05) is 65.9 Å². The van der Waals surface area contributed by atoms with Crippen LogP contribution >= 0.6 is 0 Å². The minimum absolute atomic E-state index is 0.565. The maximum Gasteiger partial charge on any atom is 0.0701 e. The first-order chi connectivity index (χ1) is 9.34. The van der Waals surface area contributed by atoms with E-state index in [1.807, 2.05) is 0 Å². The Labute approximate surface area is 117 Å². The molecule has 0 spiro atoms. The molecule has 1 aliphatic rings. The van der Waals surface area contributed by atoms with Crippen molar-refractivity contribution in [2.24, 2.45) is 0 Å². The lowest BCUT2D eigenvalue weighted by atomic mass is 10.2. The summed E-state index contributed by atoms with van der Waals surface area (Å²) in [5, 5.41) is 0. The van der Waals surface area contributed by atoms with Crippen molar-refractivity contribution in [3.05, 3.63) is 0 Å². The van der Waals surface area contributed by atoms with E-state index in [1.54, 1.807) is 0 Å². The number of hydrogen-bond donors (Lipinski definition) is 0. The third kappa shape index (κ3) is 8.55. The molecule has 1 unspecified atom stereocenters. The lowest BCUT2D eigenvalue weighted by Crippen LogP contribution is -2.38. The topological polar surface area (TPSA) is 40.2 Å². The van der Waals surface area contributed by atoms with E-state index in [1.165, 1.54) is 0 Å². The molecule has 0 N–H and O–H groups in total. The summed E-state index contributed by atoms with van der Waals surface area (Å²) in [7, 11) is 0. The van der Waals surface area contributed by atoms with E-state index in [0.29, 0.717) is 45.7 Å². The minimum atomic E-state index is 0.565. The highest BCUT2D eigenvalue weighted by atomic mass is 16.6. The second kappa shape index (κ2) is 11.6. The Balaban J connectivity index is 2.29. The van der Waals surface area contributed by atoms with Crippen LogP contribution in [0.5, 0.6) is 0 Å². The number of hydrogen-bond acceptors (Lipinski definition) is 5. The Hall–Kier alpha value is -0.200. The van der Waals surface area contributed by atoms with E-state index in [2.05, 4.69) is 18.7 Å². The quantitative estimate of drug-likeness (QED) is 0.756. The minimum Gasteiger partial charge on any atom is -0.378 e. The molecule has 0 saturated carbocycles. The first-order valence-electron chi connectivity index (χ1n) is 7.39. The standard InChI is InChI=1S/C14H29NO4/c1-3-14(2)15-4-6-16-8-10-18-12-13-19-11-9-17-7-5-15/h14H,3-13H2,1-2H3. The molecule has 0 radical (unpaired) electrons. The van der Waals surface area contributed by atoms with E-state index in [4.69, 9.17) is 18.9 Å². The SMILES string of the molecule is CCC(C)N1CCOCCOCCOCCOCC1. The van der Waals surface area contributed by atoms with Crippen molar-refractivity contribution in [1.29, 1.82) is 0 Å². The lowest BCUT2D eigenvalue weighted by Gasteiger charge is -2.28. The molecule has 1 saturated heterocycles. The van der Waals surface area contributed by atoms with Gasteiger partial charge in [0.1, 0.15) is 0 Å². The number of rotatable bonds is 2. The Morgan fingerprint density at radius 2 is 1.11 bits per heavy atom. The van der Waals surface area contributed by atoms with Crippen molar-refractivity contribution < 1.29 is 18.9 Å². The largest absolute Gasteiger partial charge is 0.378 e. The summed E-state index contributed by atoms with van der Waals surface area (Å²) >= 11 is 0. The Morgan fingerprint density at radius 3 is 1.47 bits per heavy atom. The summed E-state index contributed by atoms with van der Waals surface area (Å²) in [6, 6.07) is 0.565. The Kier molecular flexibility index (Phi) is 10.3. The molecule has 114 valence electrons. The average molecular weight is 275 g/mol. The first-order valence-corrected chi connectivity index (χ1v) is 7.39. The summed E-state index contributed by atoms with van der Waals surface area (Å²) in [5.74, 6) is 0. The van der Waals surface area contributed by atoms with E-state index in [-0.39, 0.29) is 0 Å². The van der Waals surface area contributed by atoms with Gasteiger partial charge in [-0.25, -0.2) is 0 Å². The van der Waals surface area contributed by atoms with Crippen LogP contribution in [-0.4, -0.2) is 76.9 Å². The van der Waals surface area contributed by atoms with Crippen molar-refractivity contribution in [3.8, 4) is 0 Å². The van der Waals surface area contributed by atoms with Gasteiger partial charge < -0.3 is 18.9 Å². The summed E-state index contributed by atoms with van der Waals surface area (Å²) < 4.78 is 22.0. The van der Waals surface area contributed by atoms with Crippen LogP contribution in [0.4, 0.5) is 0 Å². The first kappa shape index (κ1) is 16.9. The molecule has 1 atom stereocenters. The van der Waals surface area contributed by atoms with Gasteiger partial charge in [0.05, 0.1) is 52.9 Å². The fourth-order valence-corrected chi connectivity index (χ4v) is 1.94. The second-order valence-electron chi connectivity index (χ2n) is 4.74. The molecule has 0 aliphatic carbocycles. The zero-order chi connectivity index (χ0) is 13.8. The van der Waals surface area contributed by atoms with Gasteiger partial charge in [-0.05, 0) is 13.3 Å². The van der Waals surface area contributed by atoms with Crippen LogP contribution in [0.2, 0.25) is 0 Å². The molecule has 0 aromatic carbocycles. The van der Waals surface area contributed by atoms with Gasteiger partial charge in [0.25, 0.3) is 0 Å². The molecule has 0 amide bonds. The second-order valence-corrected chi connectivity index (χ2v) is 4.74. The predicted molar refractivity (Wildman–Crippen MR) is 74.6 cm³/mol. The van der Waals surface area contributed by atoms with E-state index in [9.17, 15) is 0 Å². The molecule has 5 heteroatoms. The molecule has 1 rings (SSSR count). The lowest BCUT2D eigenvalue weighted by molar-refractivity contribution is 0.00206. The summed E-state index contributed by atoms with van der Waals surface area (Å²) in [6.45, 7) is 11.7. The maximum atomic E-state index is 5.59. The van der Waals surface area contributed by atoms with Gasteiger partial charge in [-0.15, -0.1) is 0 Å².